The molecule has 0 spiro atoms. The summed E-state index contributed by atoms with van der Waals surface area (Å²) in [5, 5.41) is 5.70. The molecule has 22 heavy (non-hydrogen) atoms. The number of hydrogen-bond donors (Lipinski definition) is 4. The number of nitrogens with one attached hydrogen (secondary N) is 4. The highest BCUT2D eigenvalue weighted by Gasteiger charge is 2.08. The molecule has 0 saturated carbocycles. The zero-order chi connectivity index (χ0) is 16.4. The van der Waals surface area contributed by atoms with Crippen molar-refractivity contribution in [2.24, 2.45) is 0 Å². The van der Waals surface area contributed by atoms with Crippen molar-refractivity contribution >= 4 is 29.1 Å². The molecule has 0 bridgehead atoms. The van der Waals surface area contributed by atoms with Crippen molar-refractivity contribution in [2.45, 2.75) is 13.0 Å². The normalized spacial score (nSPS) is 11.2. The molecule has 1 aromatic rings. The van der Waals surface area contributed by atoms with Crippen LogP contribution in [0.3, 0.4) is 0 Å². The Hall–Kier alpha value is -2.19. The number of methoxy groups -OCH3 is 1. The second-order valence-corrected chi connectivity index (χ2v) is 4.96. The molecule has 1 atom stereocenters. The number of carbonyl (C=O) groups excluding carboxylic acids is 2. The Kier molecular flexibility index (Phi) is 7.87. The van der Waals surface area contributed by atoms with Crippen molar-refractivity contribution in [3.8, 4) is 0 Å². The number of carbonyl (C=O) groups is 2. The van der Waals surface area contributed by atoms with E-state index in [0.29, 0.717) is 12.2 Å². The summed E-state index contributed by atoms with van der Waals surface area (Å²) in [6.45, 7) is 2.22. The van der Waals surface area contributed by atoms with Crippen LogP contribution in [-0.4, -0.2) is 43.2 Å². The van der Waals surface area contributed by atoms with Crippen LogP contribution in [0.15, 0.2) is 30.3 Å². The quantitative estimate of drug-likeness (QED) is 0.433. The van der Waals surface area contributed by atoms with Crippen LogP contribution in [-0.2, 0) is 9.53 Å². The molecule has 0 fully saturated rings. The highest BCUT2D eigenvalue weighted by atomic mass is 32.1. The van der Waals surface area contributed by atoms with E-state index < -0.39 is 5.91 Å². The Balaban J connectivity index is 2.23. The Morgan fingerprint density at radius 3 is 2.55 bits per heavy atom. The zero-order valence-electron chi connectivity index (χ0n) is 12.5. The van der Waals surface area contributed by atoms with Crippen LogP contribution in [0.5, 0.6) is 0 Å². The van der Waals surface area contributed by atoms with Gasteiger partial charge in [0.1, 0.15) is 0 Å². The van der Waals surface area contributed by atoms with E-state index in [4.69, 9.17) is 17.0 Å². The predicted octanol–water partition coefficient (Wildman–Crippen LogP) is -0.0534. The molecule has 2 amide bonds. The molecule has 0 aliphatic heterocycles. The maximum Gasteiger partial charge on any atom is 0.257 e. The van der Waals surface area contributed by atoms with Gasteiger partial charge in [-0.2, -0.15) is 0 Å². The molecule has 7 nitrogen and oxygen atoms in total. The summed E-state index contributed by atoms with van der Waals surface area (Å²) in [7, 11) is 1.59. The third-order valence-corrected chi connectivity index (χ3v) is 2.78. The summed E-state index contributed by atoms with van der Waals surface area (Å²) in [5.41, 5.74) is 5.43. The first kappa shape index (κ1) is 17.9. The van der Waals surface area contributed by atoms with Gasteiger partial charge < -0.3 is 15.4 Å². The van der Waals surface area contributed by atoms with E-state index in [1.54, 1.807) is 31.4 Å². The minimum Gasteiger partial charge on any atom is -0.383 e. The predicted molar refractivity (Wildman–Crippen MR) is 87.1 cm³/mol. The van der Waals surface area contributed by atoms with Crippen LogP contribution in [0, 0.1) is 0 Å². The van der Waals surface area contributed by atoms with Crippen molar-refractivity contribution in [3.05, 3.63) is 35.9 Å². The summed E-state index contributed by atoms with van der Waals surface area (Å²) < 4.78 is 4.95. The van der Waals surface area contributed by atoms with Crippen LogP contribution in [0.1, 0.15) is 17.3 Å². The van der Waals surface area contributed by atoms with Crippen molar-refractivity contribution < 1.29 is 14.3 Å². The average molecular weight is 324 g/mol. The van der Waals surface area contributed by atoms with Crippen LogP contribution < -0.4 is 21.5 Å². The first-order valence-corrected chi connectivity index (χ1v) is 7.11. The number of hydrazine groups is 1. The summed E-state index contributed by atoms with van der Waals surface area (Å²) in [4.78, 5) is 23.3. The molecular weight excluding hydrogens is 304 g/mol. The lowest BCUT2D eigenvalue weighted by Gasteiger charge is -2.16. The van der Waals surface area contributed by atoms with E-state index in [9.17, 15) is 9.59 Å². The van der Waals surface area contributed by atoms with Gasteiger partial charge in [-0.3, -0.25) is 20.4 Å². The van der Waals surface area contributed by atoms with E-state index in [-0.39, 0.29) is 23.6 Å². The number of rotatable bonds is 6. The van der Waals surface area contributed by atoms with Crippen molar-refractivity contribution in [2.75, 3.05) is 20.3 Å². The monoisotopic (exact) mass is 324 g/mol. The average Bonchev–Trinajstić information content (AvgIpc) is 2.51. The molecule has 0 aliphatic rings. The number of hydrogen-bond acceptors (Lipinski definition) is 4. The molecule has 4 N–H and O–H groups in total. The van der Waals surface area contributed by atoms with E-state index >= 15 is 0 Å². The van der Waals surface area contributed by atoms with E-state index in [0.717, 1.165) is 0 Å². The first-order valence-electron chi connectivity index (χ1n) is 6.70. The zero-order valence-corrected chi connectivity index (χ0v) is 13.3. The van der Waals surface area contributed by atoms with Crippen LogP contribution in [0.4, 0.5) is 0 Å². The smallest absolute Gasteiger partial charge is 0.257 e. The second kappa shape index (κ2) is 9.69. The van der Waals surface area contributed by atoms with Gasteiger partial charge in [0.05, 0.1) is 13.2 Å². The van der Waals surface area contributed by atoms with Crippen molar-refractivity contribution in [3.63, 3.8) is 0 Å². The van der Waals surface area contributed by atoms with E-state index in [1.807, 2.05) is 13.0 Å². The fourth-order valence-corrected chi connectivity index (χ4v) is 1.83. The van der Waals surface area contributed by atoms with Gasteiger partial charge in [0.25, 0.3) is 11.8 Å². The van der Waals surface area contributed by atoms with Gasteiger partial charge in [-0.05, 0) is 31.3 Å². The molecule has 0 aromatic heterocycles. The molecule has 1 rings (SSSR count). The van der Waals surface area contributed by atoms with Crippen molar-refractivity contribution in [1.29, 1.82) is 0 Å². The number of amides is 2. The maximum atomic E-state index is 11.7. The largest absolute Gasteiger partial charge is 0.383 e. The SMILES string of the molecule is COC[C@H](C)NC(=S)NNC(=O)CNC(=O)c1ccccc1. The first-order chi connectivity index (χ1) is 10.5. The Labute approximate surface area is 134 Å². The summed E-state index contributed by atoms with van der Waals surface area (Å²) >= 11 is 5.00. The third kappa shape index (κ3) is 7.00. The second-order valence-electron chi connectivity index (χ2n) is 4.55. The molecule has 0 heterocycles. The van der Waals surface area contributed by atoms with Gasteiger partial charge in [-0.15, -0.1) is 0 Å². The molecule has 0 radical (unpaired) electrons. The highest BCUT2D eigenvalue weighted by molar-refractivity contribution is 7.80. The maximum absolute atomic E-state index is 11.7. The number of ether oxygens (including phenoxy) is 1. The Morgan fingerprint density at radius 1 is 1.23 bits per heavy atom. The van der Waals surface area contributed by atoms with Crippen molar-refractivity contribution in [1.82, 2.24) is 21.5 Å². The minimum atomic E-state index is -0.409. The molecular formula is C14H20N4O3S. The molecule has 8 heteroatoms. The lowest BCUT2D eigenvalue weighted by atomic mass is 10.2. The lowest BCUT2D eigenvalue weighted by Crippen LogP contribution is -2.52. The van der Waals surface area contributed by atoms with Gasteiger partial charge >= 0.3 is 0 Å². The number of benzene rings is 1. The Bertz CT molecular complexity index is 510. The lowest BCUT2D eigenvalue weighted by molar-refractivity contribution is -0.120. The van der Waals surface area contributed by atoms with Gasteiger partial charge in [-0.1, -0.05) is 18.2 Å². The number of thiocarbonyl (C=S) groups is 1. The molecule has 0 aliphatic carbocycles. The Morgan fingerprint density at radius 2 is 1.91 bits per heavy atom. The van der Waals surface area contributed by atoms with Crippen LogP contribution in [0.25, 0.3) is 0 Å². The summed E-state index contributed by atoms with van der Waals surface area (Å²) in [6, 6.07) is 8.67. The summed E-state index contributed by atoms with van der Waals surface area (Å²) in [6.07, 6.45) is 0. The molecule has 0 unspecified atom stereocenters. The standard InChI is InChI=1S/C14H20N4O3S/c1-10(9-21-2)16-14(22)18-17-12(19)8-15-13(20)11-6-4-3-5-7-11/h3-7,10H,8-9H2,1-2H3,(H,15,20)(H,17,19)(H2,16,18,22)/t10-/m0/s1. The minimum absolute atomic E-state index is 0.0136. The molecule has 1 aromatic carbocycles. The van der Waals surface area contributed by atoms with E-state index in [1.165, 1.54) is 0 Å². The fraction of sp³-hybridized carbons (Fsp3) is 0.357. The van der Waals surface area contributed by atoms with Gasteiger partial charge in [0.2, 0.25) is 0 Å². The highest BCUT2D eigenvalue weighted by Crippen LogP contribution is 1.96. The molecule has 0 saturated heterocycles. The van der Waals surface area contributed by atoms with Gasteiger partial charge in [0.15, 0.2) is 5.11 Å². The van der Waals surface area contributed by atoms with Gasteiger partial charge in [0, 0.05) is 18.7 Å². The van der Waals surface area contributed by atoms with Crippen LogP contribution in [0.2, 0.25) is 0 Å². The van der Waals surface area contributed by atoms with Crippen LogP contribution >= 0.6 is 12.2 Å². The topological polar surface area (TPSA) is 91.5 Å². The third-order valence-electron chi connectivity index (χ3n) is 2.56. The van der Waals surface area contributed by atoms with Gasteiger partial charge in [-0.25, -0.2) is 0 Å². The fourth-order valence-electron chi connectivity index (χ4n) is 1.57. The van der Waals surface area contributed by atoms with E-state index in [2.05, 4.69) is 21.5 Å². The summed E-state index contributed by atoms with van der Waals surface area (Å²) in [5.74, 6) is -0.724. The molecule has 120 valence electrons.